The summed E-state index contributed by atoms with van der Waals surface area (Å²) >= 11 is 0. The minimum atomic E-state index is -1.57. The predicted octanol–water partition coefficient (Wildman–Crippen LogP) is 0.106. The van der Waals surface area contributed by atoms with Gasteiger partial charge in [-0.15, -0.1) is 0 Å². The van der Waals surface area contributed by atoms with Gasteiger partial charge in [0.2, 0.25) is 0 Å². The molecule has 0 saturated heterocycles. The van der Waals surface area contributed by atoms with Crippen LogP contribution < -0.4 is 10.5 Å². The summed E-state index contributed by atoms with van der Waals surface area (Å²) in [7, 11) is -1.57. The van der Waals surface area contributed by atoms with Gasteiger partial charge in [-0.2, -0.15) is 0 Å². The summed E-state index contributed by atoms with van der Waals surface area (Å²) in [4.78, 5) is 0. The summed E-state index contributed by atoms with van der Waals surface area (Å²) in [5.41, 5.74) is 6.32. The molecule has 0 amide bonds. The van der Waals surface area contributed by atoms with Gasteiger partial charge < -0.3 is 20.5 Å². The van der Waals surface area contributed by atoms with Crippen molar-refractivity contribution in [2.24, 2.45) is 5.73 Å². The number of hydrogen-bond acceptors (Lipinski definition) is 4. The normalized spacial score (nSPS) is 12.3. The maximum Gasteiger partial charge on any atom is 0.491 e. The van der Waals surface area contributed by atoms with Crippen molar-refractivity contribution in [1.29, 1.82) is 0 Å². The van der Waals surface area contributed by atoms with Gasteiger partial charge in [-0.1, -0.05) is 0 Å². The molecule has 88 valence electrons. The lowest BCUT2D eigenvalue weighted by Crippen LogP contribution is -2.22. The van der Waals surface area contributed by atoms with Crippen molar-refractivity contribution in [2.75, 3.05) is 6.51 Å². The van der Waals surface area contributed by atoms with E-state index < -0.39 is 12.9 Å². The second kappa shape index (κ2) is 5.84. The minimum absolute atomic E-state index is 0.0712. The van der Waals surface area contributed by atoms with E-state index in [-0.39, 0.29) is 18.3 Å². The van der Waals surface area contributed by atoms with E-state index in [2.05, 4.69) is 0 Å². The van der Waals surface area contributed by atoms with Gasteiger partial charge in [0.25, 0.3) is 0 Å². The Hall–Kier alpha value is -1.11. The van der Waals surface area contributed by atoms with Crippen LogP contribution in [0.2, 0.25) is 0 Å². The zero-order valence-corrected chi connectivity index (χ0v) is 9.06. The van der Waals surface area contributed by atoms with Crippen LogP contribution >= 0.6 is 0 Å². The molecule has 1 atom stereocenters. The first-order valence-corrected chi connectivity index (χ1v) is 5.01. The molecule has 4 nitrogen and oxygen atoms in total. The topological polar surface area (TPSA) is 75.7 Å². The third-order valence-electron chi connectivity index (χ3n) is 1.89. The molecule has 1 rings (SSSR count). The number of ether oxygens (including phenoxy) is 1. The molecule has 16 heavy (non-hydrogen) atoms. The first kappa shape index (κ1) is 13.0. The van der Waals surface area contributed by atoms with Gasteiger partial charge in [-0.3, -0.25) is 0 Å². The lowest BCUT2D eigenvalue weighted by Gasteiger charge is -2.09. The molecular weight excluding hydrogens is 212 g/mol. The van der Waals surface area contributed by atoms with E-state index in [0.717, 1.165) is 5.56 Å². The molecule has 0 spiro atoms. The number of nitrogens with two attached hydrogens (primary N) is 1. The smallest absolute Gasteiger partial charge is 0.491 e. The summed E-state index contributed by atoms with van der Waals surface area (Å²) in [5.74, 6) is -0.163. The maximum atomic E-state index is 13.2. The van der Waals surface area contributed by atoms with Crippen molar-refractivity contribution in [3.05, 3.63) is 29.6 Å². The largest absolute Gasteiger partial charge is 0.496 e. The van der Waals surface area contributed by atoms with E-state index in [0.29, 0.717) is 6.42 Å². The Bertz CT molecular complexity index is 347. The van der Waals surface area contributed by atoms with E-state index >= 15 is 0 Å². The van der Waals surface area contributed by atoms with Crippen molar-refractivity contribution in [1.82, 2.24) is 0 Å². The molecule has 0 saturated carbocycles. The van der Waals surface area contributed by atoms with E-state index in [9.17, 15) is 4.39 Å². The van der Waals surface area contributed by atoms with Crippen LogP contribution in [0, 0.1) is 5.82 Å². The van der Waals surface area contributed by atoms with Crippen molar-refractivity contribution in [2.45, 2.75) is 19.4 Å². The fraction of sp³-hybridized carbons (Fsp3) is 0.400. The number of halogens is 1. The lowest BCUT2D eigenvalue weighted by molar-refractivity contribution is 0.305. The maximum absolute atomic E-state index is 13.2. The van der Waals surface area contributed by atoms with Crippen molar-refractivity contribution < 1.29 is 19.2 Å². The number of rotatable bonds is 5. The summed E-state index contributed by atoms with van der Waals surface area (Å²) in [6, 6.07) is 4.13. The Labute approximate surface area is 94.0 Å². The van der Waals surface area contributed by atoms with Gasteiger partial charge in [-0.25, -0.2) is 4.39 Å². The SMILES string of the molecule is C[C@@H](N)Cc1cc(F)cc(OCB(O)O)c1. The third-order valence-corrected chi connectivity index (χ3v) is 1.89. The molecule has 0 aromatic heterocycles. The molecule has 0 radical (unpaired) electrons. The monoisotopic (exact) mass is 227 g/mol. The van der Waals surface area contributed by atoms with E-state index in [1.807, 2.05) is 6.92 Å². The molecule has 0 heterocycles. The Kier molecular flexibility index (Phi) is 4.73. The zero-order chi connectivity index (χ0) is 12.1. The molecule has 0 fully saturated rings. The molecule has 0 bridgehead atoms. The Morgan fingerprint density at radius 2 is 2.12 bits per heavy atom. The van der Waals surface area contributed by atoms with Crippen molar-refractivity contribution in [3.63, 3.8) is 0 Å². The fourth-order valence-corrected chi connectivity index (χ4v) is 1.36. The van der Waals surface area contributed by atoms with Crippen LogP contribution in [0.15, 0.2) is 18.2 Å². The fourth-order valence-electron chi connectivity index (χ4n) is 1.36. The quantitative estimate of drug-likeness (QED) is 0.624. The standard InChI is InChI=1S/C10H15BFNO3/c1-7(13)2-8-3-9(12)5-10(4-8)16-6-11(14)15/h3-5,7,14-15H,2,6,13H2,1H3/t7-/m1/s1. The van der Waals surface area contributed by atoms with E-state index in [1.54, 1.807) is 6.07 Å². The number of hydrogen-bond donors (Lipinski definition) is 3. The van der Waals surface area contributed by atoms with Crippen LogP contribution in [0.4, 0.5) is 4.39 Å². The van der Waals surface area contributed by atoms with Gasteiger partial charge in [0.15, 0.2) is 0 Å². The molecule has 0 aliphatic rings. The molecule has 0 aliphatic carbocycles. The van der Waals surface area contributed by atoms with Gasteiger partial charge >= 0.3 is 7.12 Å². The highest BCUT2D eigenvalue weighted by Crippen LogP contribution is 2.17. The van der Waals surface area contributed by atoms with Crippen LogP contribution in [0.3, 0.4) is 0 Å². The summed E-state index contributed by atoms with van der Waals surface area (Å²) < 4.78 is 18.1. The molecule has 0 unspecified atom stereocenters. The highest BCUT2D eigenvalue weighted by Gasteiger charge is 2.09. The van der Waals surface area contributed by atoms with Gasteiger partial charge in [0.1, 0.15) is 18.1 Å². The molecule has 0 aliphatic heterocycles. The molecule has 4 N–H and O–H groups in total. The molecule has 1 aromatic carbocycles. The number of benzene rings is 1. The minimum Gasteiger partial charge on any atom is -0.496 e. The van der Waals surface area contributed by atoms with Crippen LogP contribution in [0.1, 0.15) is 12.5 Å². The first-order chi connectivity index (χ1) is 7.47. The van der Waals surface area contributed by atoms with Gasteiger partial charge in [0.05, 0.1) is 0 Å². The van der Waals surface area contributed by atoms with Crippen molar-refractivity contribution >= 4 is 7.12 Å². The first-order valence-electron chi connectivity index (χ1n) is 5.01. The molecule has 1 aromatic rings. The summed E-state index contributed by atoms with van der Waals surface area (Å²) in [6.07, 6.45) is 0.537. The second-order valence-electron chi connectivity index (χ2n) is 3.77. The van der Waals surface area contributed by atoms with Crippen LogP contribution in [0.25, 0.3) is 0 Å². The molecular formula is C10H15BFNO3. The van der Waals surface area contributed by atoms with Gasteiger partial charge in [-0.05, 0) is 31.0 Å². The third kappa shape index (κ3) is 4.61. The molecule has 6 heteroatoms. The summed E-state index contributed by atoms with van der Waals surface area (Å²) in [6.45, 7) is 1.53. The lowest BCUT2D eigenvalue weighted by atomic mass is 9.95. The average molecular weight is 227 g/mol. The second-order valence-corrected chi connectivity index (χ2v) is 3.77. The Morgan fingerprint density at radius 3 is 2.69 bits per heavy atom. The Morgan fingerprint density at radius 1 is 1.44 bits per heavy atom. The highest BCUT2D eigenvalue weighted by molar-refractivity contribution is 6.40. The summed E-state index contributed by atoms with van der Waals surface area (Å²) in [5, 5.41) is 17.2. The Balaban J connectivity index is 2.73. The van der Waals surface area contributed by atoms with E-state index in [4.69, 9.17) is 20.5 Å². The van der Waals surface area contributed by atoms with Crippen molar-refractivity contribution in [3.8, 4) is 5.75 Å². The zero-order valence-electron chi connectivity index (χ0n) is 9.06. The van der Waals surface area contributed by atoms with Crippen LogP contribution in [-0.4, -0.2) is 29.7 Å². The predicted molar refractivity (Wildman–Crippen MR) is 59.4 cm³/mol. The van der Waals surface area contributed by atoms with Crippen LogP contribution in [-0.2, 0) is 6.42 Å². The van der Waals surface area contributed by atoms with Crippen LogP contribution in [0.5, 0.6) is 5.75 Å². The highest BCUT2D eigenvalue weighted by atomic mass is 19.1. The van der Waals surface area contributed by atoms with Gasteiger partial charge in [0, 0.05) is 12.1 Å². The average Bonchev–Trinajstić information content (AvgIpc) is 2.12. The van der Waals surface area contributed by atoms with E-state index in [1.165, 1.54) is 12.1 Å².